The SMILES string of the molecule is Cc1cccc(C)c1OCC(O)C[N+](C)(C)CC(=O)c1ccc(Br)cc1. The van der Waals surface area contributed by atoms with Crippen LogP contribution in [-0.2, 0) is 0 Å². The Morgan fingerprint density at radius 1 is 1.12 bits per heavy atom. The maximum atomic E-state index is 12.5. The number of benzene rings is 2. The van der Waals surface area contributed by atoms with Crippen molar-refractivity contribution >= 4 is 21.7 Å². The van der Waals surface area contributed by atoms with Crippen LogP contribution in [0.1, 0.15) is 21.5 Å². The average molecular weight is 421 g/mol. The number of ether oxygens (including phenoxy) is 1. The minimum Gasteiger partial charge on any atom is -0.490 e. The number of ketones is 1. The third kappa shape index (κ3) is 5.94. The highest BCUT2D eigenvalue weighted by Crippen LogP contribution is 2.22. The Balaban J connectivity index is 1.91. The van der Waals surface area contributed by atoms with E-state index in [1.165, 1.54) is 0 Å². The predicted octanol–water partition coefficient (Wildman–Crippen LogP) is 3.76. The van der Waals surface area contributed by atoms with E-state index in [9.17, 15) is 9.90 Å². The summed E-state index contributed by atoms with van der Waals surface area (Å²) in [6.45, 7) is 4.95. The second-order valence-corrected chi connectivity index (χ2v) is 8.31. The Kier molecular flexibility index (Phi) is 6.98. The van der Waals surface area contributed by atoms with Gasteiger partial charge in [0, 0.05) is 10.0 Å². The van der Waals surface area contributed by atoms with Gasteiger partial charge < -0.3 is 14.3 Å². The van der Waals surface area contributed by atoms with Gasteiger partial charge in [0.05, 0.1) is 14.1 Å². The zero-order chi connectivity index (χ0) is 19.3. The molecule has 0 spiro atoms. The fraction of sp³-hybridized carbons (Fsp3) is 0.381. The first-order valence-electron chi connectivity index (χ1n) is 8.66. The van der Waals surface area contributed by atoms with Crippen molar-refractivity contribution in [3.63, 3.8) is 0 Å². The number of carbonyl (C=O) groups is 1. The van der Waals surface area contributed by atoms with E-state index in [0.717, 1.165) is 21.3 Å². The number of hydrogen-bond acceptors (Lipinski definition) is 3. The van der Waals surface area contributed by atoms with E-state index in [4.69, 9.17) is 4.74 Å². The molecule has 0 bridgehead atoms. The van der Waals surface area contributed by atoms with Crippen LogP contribution in [0, 0.1) is 13.8 Å². The van der Waals surface area contributed by atoms with Crippen molar-refractivity contribution in [3.8, 4) is 5.75 Å². The smallest absolute Gasteiger partial charge is 0.216 e. The number of carbonyl (C=O) groups excluding carboxylic acids is 1. The lowest BCUT2D eigenvalue weighted by Crippen LogP contribution is -2.49. The molecule has 1 atom stereocenters. The van der Waals surface area contributed by atoms with Gasteiger partial charge >= 0.3 is 0 Å². The van der Waals surface area contributed by atoms with E-state index >= 15 is 0 Å². The molecule has 0 saturated carbocycles. The van der Waals surface area contributed by atoms with Crippen LogP contribution >= 0.6 is 15.9 Å². The topological polar surface area (TPSA) is 46.5 Å². The van der Waals surface area contributed by atoms with Gasteiger partial charge in [-0.05, 0) is 37.1 Å². The normalized spacial score (nSPS) is 12.7. The van der Waals surface area contributed by atoms with Crippen LogP contribution in [-0.4, -0.2) is 55.3 Å². The molecule has 0 radical (unpaired) electrons. The Morgan fingerprint density at radius 2 is 1.69 bits per heavy atom. The first-order chi connectivity index (χ1) is 12.2. The Labute approximate surface area is 164 Å². The molecule has 1 N–H and O–H groups in total. The van der Waals surface area contributed by atoms with Crippen molar-refractivity contribution in [2.24, 2.45) is 0 Å². The monoisotopic (exact) mass is 420 g/mol. The zero-order valence-corrected chi connectivity index (χ0v) is 17.4. The minimum atomic E-state index is -0.651. The number of aliphatic hydroxyl groups is 1. The maximum Gasteiger partial charge on any atom is 0.216 e. The van der Waals surface area contributed by atoms with Crippen molar-refractivity contribution in [2.75, 3.05) is 33.8 Å². The van der Waals surface area contributed by atoms with Gasteiger partial charge in [-0.2, -0.15) is 0 Å². The fourth-order valence-electron chi connectivity index (χ4n) is 3.01. The van der Waals surface area contributed by atoms with Crippen LogP contribution in [0.4, 0.5) is 0 Å². The number of halogens is 1. The van der Waals surface area contributed by atoms with Gasteiger partial charge in [0.1, 0.15) is 31.5 Å². The molecule has 1 unspecified atom stereocenters. The fourth-order valence-corrected chi connectivity index (χ4v) is 3.27. The van der Waals surface area contributed by atoms with Gasteiger partial charge in [-0.1, -0.05) is 46.3 Å². The molecule has 0 amide bonds. The van der Waals surface area contributed by atoms with Crippen LogP contribution in [0.15, 0.2) is 46.9 Å². The number of hydrogen-bond donors (Lipinski definition) is 1. The number of Topliss-reactive ketones (excluding diaryl/α,β-unsaturated/α-hetero) is 1. The highest BCUT2D eigenvalue weighted by molar-refractivity contribution is 9.10. The van der Waals surface area contributed by atoms with E-state index in [2.05, 4.69) is 15.9 Å². The number of likely N-dealkylation sites (N-methyl/N-ethyl adjacent to an activating group) is 1. The quantitative estimate of drug-likeness (QED) is 0.522. The van der Waals surface area contributed by atoms with Crippen LogP contribution in [0.2, 0.25) is 0 Å². The largest absolute Gasteiger partial charge is 0.490 e. The molecule has 0 aliphatic heterocycles. The molecule has 5 heteroatoms. The van der Waals surface area contributed by atoms with Gasteiger partial charge in [0.25, 0.3) is 0 Å². The lowest BCUT2D eigenvalue weighted by atomic mass is 10.1. The first kappa shape index (κ1) is 20.6. The summed E-state index contributed by atoms with van der Waals surface area (Å²) in [5, 5.41) is 10.4. The number of aliphatic hydroxyl groups excluding tert-OH is 1. The third-order valence-corrected chi connectivity index (χ3v) is 4.80. The van der Waals surface area contributed by atoms with Crippen LogP contribution in [0.25, 0.3) is 0 Å². The predicted molar refractivity (Wildman–Crippen MR) is 108 cm³/mol. The van der Waals surface area contributed by atoms with Crippen molar-refractivity contribution in [1.82, 2.24) is 0 Å². The molecule has 140 valence electrons. The number of para-hydroxylation sites is 1. The Morgan fingerprint density at radius 3 is 2.27 bits per heavy atom. The number of quaternary nitrogens is 1. The van der Waals surface area contributed by atoms with Crippen molar-refractivity contribution in [3.05, 3.63) is 63.6 Å². The average Bonchev–Trinajstić information content (AvgIpc) is 2.54. The van der Waals surface area contributed by atoms with Gasteiger partial charge in [-0.25, -0.2) is 0 Å². The summed E-state index contributed by atoms with van der Waals surface area (Å²) < 4.78 is 7.17. The molecular weight excluding hydrogens is 394 g/mol. The van der Waals surface area contributed by atoms with Gasteiger partial charge in [0.15, 0.2) is 0 Å². The lowest BCUT2D eigenvalue weighted by molar-refractivity contribution is -0.885. The number of aryl methyl sites for hydroxylation is 2. The molecular formula is C21H27BrNO3+. The van der Waals surface area contributed by atoms with Gasteiger partial charge in [-0.15, -0.1) is 0 Å². The molecule has 4 nitrogen and oxygen atoms in total. The van der Waals surface area contributed by atoms with Crippen LogP contribution in [0.5, 0.6) is 5.75 Å². The van der Waals surface area contributed by atoms with Crippen molar-refractivity contribution in [2.45, 2.75) is 20.0 Å². The van der Waals surface area contributed by atoms with Gasteiger partial charge in [0.2, 0.25) is 5.78 Å². The molecule has 0 aliphatic carbocycles. The first-order valence-corrected chi connectivity index (χ1v) is 9.45. The maximum absolute atomic E-state index is 12.5. The molecule has 0 heterocycles. The molecule has 0 saturated heterocycles. The summed E-state index contributed by atoms with van der Waals surface area (Å²) in [5.41, 5.74) is 2.79. The summed E-state index contributed by atoms with van der Waals surface area (Å²) in [5.74, 6) is 0.883. The van der Waals surface area contributed by atoms with E-state index in [1.54, 1.807) is 0 Å². The number of nitrogens with zero attached hydrogens (tertiary/aromatic N) is 1. The molecule has 2 rings (SSSR count). The van der Waals surface area contributed by atoms with E-state index in [1.807, 2.05) is 70.4 Å². The Hall–Kier alpha value is -1.69. The summed E-state index contributed by atoms with van der Waals surface area (Å²) in [7, 11) is 3.89. The molecule has 0 fully saturated rings. The van der Waals surface area contributed by atoms with Crippen LogP contribution < -0.4 is 4.74 Å². The number of rotatable bonds is 8. The molecule has 0 aliphatic rings. The highest BCUT2D eigenvalue weighted by Gasteiger charge is 2.25. The Bertz CT molecular complexity index is 736. The molecule has 2 aromatic carbocycles. The van der Waals surface area contributed by atoms with Gasteiger partial charge in [-0.3, -0.25) is 4.79 Å². The summed E-state index contributed by atoms with van der Waals surface area (Å²) in [6.07, 6.45) is -0.651. The van der Waals surface area contributed by atoms with E-state index in [-0.39, 0.29) is 12.4 Å². The van der Waals surface area contributed by atoms with Crippen molar-refractivity contribution < 1.29 is 19.1 Å². The summed E-state index contributed by atoms with van der Waals surface area (Å²) in [6, 6.07) is 13.3. The summed E-state index contributed by atoms with van der Waals surface area (Å²) in [4.78, 5) is 12.5. The molecule has 26 heavy (non-hydrogen) atoms. The third-order valence-electron chi connectivity index (χ3n) is 4.27. The molecule has 2 aromatic rings. The van der Waals surface area contributed by atoms with E-state index in [0.29, 0.717) is 23.1 Å². The van der Waals surface area contributed by atoms with Crippen molar-refractivity contribution in [1.29, 1.82) is 0 Å². The standard InChI is InChI=1S/C21H27BrNO3/c1-15-6-5-7-16(2)21(15)26-14-19(24)12-23(3,4)13-20(25)17-8-10-18(22)11-9-17/h5-11,19,24H,12-14H2,1-4H3/q+1. The second kappa shape index (κ2) is 8.80. The second-order valence-electron chi connectivity index (χ2n) is 7.39. The molecule has 0 aromatic heterocycles. The van der Waals surface area contributed by atoms with E-state index < -0.39 is 6.10 Å². The lowest BCUT2D eigenvalue weighted by Gasteiger charge is -2.31. The summed E-state index contributed by atoms with van der Waals surface area (Å²) >= 11 is 3.37. The highest BCUT2D eigenvalue weighted by atomic mass is 79.9. The van der Waals surface area contributed by atoms with Crippen LogP contribution in [0.3, 0.4) is 0 Å². The zero-order valence-electron chi connectivity index (χ0n) is 15.8. The minimum absolute atomic E-state index is 0.0605.